The molecule has 0 N–H and O–H groups in total. The van der Waals surface area contributed by atoms with E-state index in [1.807, 2.05) is 13.0 Å². The molecule has 0 amide bonds. The molecule has 0 saturated carbocycles. The van der Waals surface area contributed by atoms with Gasteiger partial charge in [-0.05, 0) is 56.5 Å². The first-order chi connectivity index (χ1) is 11.9. The number of likely N-dealkylation sites (N-methyl/N-ethyl adjacent to an activating group) is 1. The van der Waals surface area contributed by atoms with Gasteiger partial charge in [0.25, 0.3) is 0 Å². The van der Waals surface area contributed by atoms with Crippen LogP contribution in [0.15, 0.2) is 52.6 Å². The van der Waals surface area contributed by atoms with Gasteiger partial charge in [-0.2, -0.15) is 0 Å². The molecule has 0 spiro atoms. The number of rotatable bonds is 2. The molecule has 1 aliphatic heterocycles. The Hall–Kier alpha value is -2.55. The summed E-state index contributed by atoms with van der Waals surface area (Å²) < 4.78 is 6.29. The Bertz CT molecular complexity index is 1040. The summed E-state index contributed by atoms with van der Waals surface area (Å²) in [6, 6.07) is 8.51. The minimum absolute atomic E-state index is 0.243. The number of fused-ring (bicyclic) bond motifs is 3. The number of hydrogen-bond donors (Lipinski definition) is 0. The molecule has 3 nitrogen and oxygen atoms in total. The van der Waals surface area contributed by atoms with Crippen molar-refractivity contribution in [3.8, 4) is 0 Å². The summed E-state index contributed by atoms with van der Waals surface area (Å²) in [5.41, 5.74) is 6.21. The van der Waals surface area contributed by atoms with Crippen LogP contribution in [0.25, 0.3) is 22.1 Å². The Labute approximate surface area is 148 Å². The zero-order valence-electron chi connectivity index (χ0n) is 15.6. The second-order valence-corrected chi connectivity index (χ2v) is 7.19. The zero-order valence-corrected chi connectivity index (χ0v) is 15.6. The smallest absolute Gasteiger partial charge is 0.227 e. The normalized spacial score (nSPS) is 20.5. The Balaban J connectivity index is 2.07. The average molecular weight is 332 g/mol. The second-order valence-electron chi connectivity index (χ2n) is 7.19. The van der Waals surface area contributed by atoms with Gasteiger partial charge < -0.3 is 9.32 Å². The number of pyridine rings is 1. The summed E-state index contributed by atoms with van der Waals surface area (Å²) >= 11 is 0. The number of allylic oxidation sites excluding steroid dienone is 2. The monoisotopic (exact) mass is 332 g/mol. The molecule has 0 bridgehead atoms. The lowest BCUT2D eigenvalue weighted by Crippen LogP contribution is -2.38. The number of aromatic nitrogens is 1. The fraction of sp³-hybridized carbons (Fsp3) is 0.318. The number of benzene rings is 1. The Kier molecular flexibility index (Phi) is 3.50. The maximum atomic E-state index is 6.29. The van der Waals surface area contributed by atoms with Gasteiger partial charge in [0.1, 0.15) is 5.58 Å². The van der Waals surface area contributed by atoms with Crippen LogP contribution in [-0.2, 0) is 5.54 Å². The first-order valence-corrected chi connectivity index (χ1v) is 8.87. The molecule has 4 rings (SSSR count). The van der Waals surface area contributed by atoms with Crippen molar-refractivity contribution in [2.45, 2.75) is 39.7 Å². The number of furan rings is 1. The average Bonchev–Trinajstić information content (AvgIpc) is 2.94. The Morgan fingerprint density at radius 2 is 1.88 bits per heavy atom. The highest BCUT2D eigenvalue weighted by molar-refractivity contribution is 6.05. The lowest BCUT2D eigenvalue weighted by Gasteiger charge is -2.40. The predicted octanol–water partition coefficient (Wildman–Crippen LogP) is 5.61. The summed E-state index contributed by atoms with van der Waals surface area (Å²) in [6.07, 6.45) is 7.75. The quantitative estimate of drug-likeness (QED) is 0.611. The van der Waals surface area contributed by atoms with E-state index in [9.17, 15) is 0 Å². The van der Waals surface area contributed by atoms with Crippen LogP contribution in [0.1, 0.15) is 37.1 Å². The molecule has 0 radical (unpaired) electrons. The van der Waals surface area contributed by atoms with Crippen molar-refractivity contribution in [1.29, 1.82) is 0 Å². The van der Waals surface area contributed by atoms with Crippen molar-refractivity contribution in [2.75, 3.05) is 7.05 Å². The highest BCUT2D eigenvalue weighted by Crippen LogP contribution is 2.42. The van der Waals surface area contributed by atoms with E-state index in [-0.39, 0.29) is 5.54 Å². The van der Waals surface area contributed by atoms with Crippen LogP contribution in [-0.4, -0.2) is 16.9 Å². The molecule has 0 fully saturated rings. The van der Waals surface area contributed by atoms with Crippen LogP contribution in [0.2, 0.25) is 0 Å². The fourth-order valence-electron chi connectivity index (χ4n) is 3.88. The van der Waals surface area contributed by atoms with Gasteiger partial charge in [0.05, 0.1) is 5.54 Å². The van der Waals surface area contributed by atoms with Gasteiger partial charge in [-0.3, -0.25) is 0 Å². The molecule has 1 aliphatic rings. The molecule has 25 heavy (non-hydrogen) atoms. The van der Waals surface area contributed by atoms with E-state index in [4.69, 9.17) is 4.42 Å². The zero-order chi connectivity index (χ0) is 17.8. The van der Waals surface area contributed by atoms with Crippen molar-refractivity contribution < 1.29 is 4.42 Å². The molecule has 3 heteroatoms. The molecule has 3 aromatic rings. The first kappa shape index (κ1) is 15.9. The van der Waals surface area contributed by atoms with Crippen molar-refractivity contribution in [2.24, 2.45) is 0 Å². The van der Waals surface area contributed by atoms with Gasteiger partial charge in [-0.15, -0.1) is 0 Å². The van der Waals surface area contributed by atoms with Crippen LogP contribution in [0.5, 0.6) is 0 Å². The van der Waals surface area contributed by atoms with Crippen molar-refractivity contribution in [3.05, 3.63) is 65.0 Å². The number of aryl methyl sites for hydroxylation is 2. The van der Waals surface area contributed by atoms with Crippen LogP contribution in [0, 0.1) is 13.8 Å². The summed E-state index contributed by atoms with van der Waals surface area (Å²) in [4.78, 5) is 6.86. The summed E-state index contributed by atoms with van der Waals surface area (Å²) in [7, 11) is 2.13. The number of hydrogen-bond acceptors (Lipinski definition) is 3. The summed E-state index contributed by atoms with van der Waals surface area (Å²) in [5, 5.41) is 2.22. The van der Waals surface area contributed by atoms with E-state index in [1.165, 1.54) is 16.7 Å². The lowest BCUT2D eigenvalue weighted by atomic mass is 9.82. The maximum Gasteiger partial charge on any atom is 0.227 e. The third-order valence-corrected chi connectivity index (χ3v) is 5.48. The topological polar surface area (TPSA) is 29.3 Å². The van der Waals surface area contributed by atoms with E-state index in [0.717, 1.165) is 34.2 Å². The molecule has 1 aromatic carbocycles. The largest absolute Gasteiger partial charge is 0.437 e. The van der Waals surface area contributed by atoms with Gasteiger partial charge in [-0.1, -0.05) is 25.1 Å². The Morgan fingerprint density at radius 3 is 2.64 bits per heavy atom. The van der Waals surface area contributed by atoms with Gasteiger partial charge in [0.15, 0.2) is 0 Å². The van der Waals surface area contributed by atoms with Crippen LogP contribution < -0.4 is 0 Å². The molecular formula is C22H24N2O. The molecule has 0 saturated heterocycles. The lowest BCUT2D eigenvalue weighted by molar-refractivity contribution is 0.258. The van der Waals surface area contributed by atoms with E-state index in [0.29, 0.717) is 0 Å². The minimum Gasteiger partial charge on any atom is -0.437 e. The maximum absolute atomic E-state index is 6.29. The highest BCUT2D eigenvalue weighted by Gasteiger charge is 2.34. The SMILES string of the molecule is CCC1=CC(C)(c2c(C)ccc3c2oc2nc(C)ccc23)N(C)C=C1. The number of nitrogens with zero attached hydrogens (tertiary/aromatic N) is 2. The molecule has 3 heterocycles. The van der Waals surface area contributed by atoms with Crippen LogP contribution in [0.3, 0.4) is 0 Å². The minimum atomic E-state index is -0.243. The molecule has 1 atom stereocenters. The molecule has 1 unspecified atom stereocenters. The first-order valence-electron chi connectivity index (χ1n) is 8.87. The Morgan fingerprint density at radius 1 is 1.12 bits per heavy atom. The van der Waals surface area contributed by atoms with E-state index < -0.39 is 0 Å². The van der Waals surface area contributed by atoms with E-state index in [1.54, 1.807) is 0 Å². The van der Waals surface area contributed by atoms with Crippen LogP contribution in [0.4, 0.5) is 0 Å². The van der Waals surface area contributed by atoms with Crippen molar-refractivity contribution in [3.63, 3.8) is 0 Å². The van der Waals surface area contributed by atoms with E-state index in [2.05, 4.69) is 74.3 Å². The van der Waals surface area contributed by atoms with Gasteiger partial charge in [0.2, 0.25) is 5.71 Å². The third kappa shape index (κ3) is 2.30. The van der Waals surface area contributed by atoms with Gasteiger partial charge in [-0.25, -0.2) is 4.98 Å². The van der Waals surface area contributed by atoms with Crippen LogP contribution >= 0.6 is 0 Å². The summed E-state index contributed by atoms with van der Waals surface area (Å²) in [5.74, 6) is 0. The molecule has 0 aliphatic carbocycles. The fourth-order valence-corrected chi connectivity index (χ4v) is 3.88. The standard InChI is InChI=1S/C22H24N2O/c1-6-16-11-12-24(5)22(4,13-16)19-14(2)7-9-17-18-10-8-15(3)23-21(18)25-20(17)19/h7-13H,6H2,1-5H3. The van der Waals surface area contributed by atoms with Gasteiger partial charge in [0, 0.05) is 35.3 Å². The highest BCUT2D eigenvalue weighted by atomic mass is 16.3. The van der Waals surface area contributed by atoms with E-state index >= 15 is 0 Å². The molecular weight excluding hydrogens is 308 g/mol. The predicted molar refractivity (Wildman–Crippen MR) is 104 cm³/mol. The second kappa shape index (κ2) is 5.48. The van der Waals surface area contributed by atoms with Gasteiger partial charge >= 0.3 is 0 Å². The molecule has 128 valence electrons. The van der Waals surface area contributed by atoms with Crippen molar-refractivity contribution >= 4 is 22.1 Å². The molecule has 2 aromatic heterocycles. The van der Waals surface area contributed by atoms with Crippen molar-refractivity contribution in [1.82, 2.24) is 9.88 Å². The summed E-state index contributed by atoms with van der Waals surface area (Å²) in [6.45, 7) is 8.62. The third-order valence-electron chi connectivity index (χ3n) is 5.48.